The van der Waals surface area contributed by atoms with Gasteiger partial charge in [0.2, 0.25) is 5.91 Å². The Morgan fingerprint density at radius 1 is 1.23 bits per heavy atom. The SMILES string of the molecule is CN(C)C(CNC(=O)CN1C(=O)NC2(CCc3ccccc32)C1=O)c1cccc(F)c1. The maximum Gasteiger partial charge on any atom is 0.325 e. The van der Waals surface area contributed by atoms with Gasteiger partial charge in [-0.1, -0.05) is 36.4 Å². The number of nitrogens with one attached hydrogen (secondary N) is 2. The van der Waals surface area contributed by atoms with Gasteiger partial charge >= 0.3 is 6.03 Å². The third kappa shape index (κ3) is 3.79. The zero-order chi connectivity index (χ0) is 22.2. The van der Waals surface area contributed by atoms with E-state index in [0.717, 1.165) is 21.6 Å². The van der Waals surface area contributed by atoms with Crippen LogP contribution >= 0.6 is 0 Å². The zero-order valence-electron chi connectivity index (χ0n) is 17.5. The molecular formula is C23H25FN4O3. The molecule has 2 unspecified atom stereocenters. The van der Waals surface area contributed by atoms with Crippen LogP contribution in [0.3, 0.4) is 0 Å². The molecule has 0 bridgehead atoms. The highest BCUT2D eigenvalue weighted by Crippen LogP contribution is 2.41. The molecule has 4 rings (SSSR count). The van der Waals surface area contributed by atoms with Crippen LogP contribution in [-0.2, 0) is 21.5 Å². The van der Waals surface area contributed by atoms with Crippen LogP contribution < -0.4 is 10.6 Å². The average Bonchev–Trinajstić information content (AvgIpc) is 3.21. The van der Waals surface area contributed by atoms with Gasteiger partial charge in [-0.05, 0) is 55.8 Å². The Kier molecular flexibility index (Phi) is 5.49. The van der Waals surface area contributed by atoms with Crippen molar-refractivity contribution in [1.82, 2.24) is 20.4 Å². The van der Waals surface area contributed by atoms with Crippen molar-refractivity contribution in [2.75, 3.05) is 27.2 Å². The van der Waals surface area contributed by atoms with Gasteiger partial charge in [-0.3, -0.25) is 14.5 Å². The van der Waals surface area contributed by atoms with Gasteiger partial charge in [0.15, 0.2) is 0 Å². The number of hydrogen-bond donors (Lipinski definition) is 2. The smallest absolute Gasteiger partial charge is 0.325 e. The van der Waals surface area contributed by atoms with Gasteiger partial charge in [-0.2, -0.15) is 0 Å². The fourth-order valence-corrected chi connectivity index (χ4v) is 4.46. The lowest BCUT2D eigenvalue weighted by Gasteiger charge is -2.25. The van der Waals surface area contributed by atoms with Crippen LogP contribution in [0.25, 0.3) is 0 Å². The summed E-state index contributed by atoms with van der Waals surface area (Å²) < 4.78 is 13.6. The van der Waals surface area contributed by atoms with E-state index in [2.05, 4.69) is 10.6 Å². The van der Waals surface area contributed by atoms with Crippen molar-refractivity contribution in [2.24, 2.45) is 0 Å². The molecule has 1 saturated heterocycles. The number of aryl methyl sites for hydroxylation is 1. The molecule has 1 aliphatic carbocycles. The van der Waals surface area contributed by atoms with Gasteiger partial charge in [-0.25, -0.2) is 9.18 Å². The molecule has 2 atom stereocenters. The minimum atomic E-state index is -1.08. The summed E-state index contributed by atoms with van der Waals surface area (Å²) >= 11 is 0. The van der Waals surface area contributed by atoms with Gasteiger partial charge in [0.05, 0.1) is 6.04 Å². The number of imide groups is 1. The number of nitrogens with zero attached hydrogens (tertiary/aromatic N) is 2. The molecular weight excluding hydrogens is 399 g/mol. The summed E-state index contributed by atoms with van der Waals surface area (Å²) in [7, 11) is 3.67. The number of carbonyl (C=O) groups is 3. The van der Waals surface area contributed by atoms with Crippen LogP contribution in [0.1, 0.15) is 29.2 Å². The highest BCUT2D eigenvalue weighted by Gasteiger charge is 2.55. The lowest BCUT2D eigenvalue weighted by atomic mass is 9.92. The minimum Gasteiger partial charge on any atom is -0.353 e. The highest BCUT2D eigenvalue weighted by atomic mass is 19.1. The first-order valence-electron chi connectivity index (χ1n) is 10.2. The molecule has 2 N–H and O–H groups in total. The van der Waals surface area contributed by atoms with E-state index in [-0.39, 0.29) is 24.9 Å². The Morgan fingerprint density at radius 2 is 2.00 bits per heavy atom. The molecule has 8 heteroatoms. The Labute approximate surface area is 180 Å². The average molecular weight is 424 g/mol. The van der Waals surface area contributed by atoms with E-state index < -0.39 is 23.4 Å². The predicted molar refractivity (Wildman–Crippen MR) is 113 cm³/mol. The largest absolute Gasteiger partial charge is 0.353 e. The molecule has 2 aromatic rings. The maximum atomic E-state index is 13.6. The first-order chi connectivity index (χ1) is 14.8. The van der Waals surface area contributed by atoms with E-state index in [0.29, 0.717) is 12.8 Å². The zero-order valence-corrected chi connectivity index (χ0v) is 17.5. The molecule has 0 radical (unpaired) electrons. The van der Waals surface area contributed by atoms with Crippen molar-refractivity contribution >= 4 is 17.8 Å². The topological polar surface area (TPSA) is 81.8 Å². The van der Waals surface area contributed by atoms with Crippen molar-refractivity contribution in [3.8, 4) is 0 Å². The summed E-state index contributed by atoms with van der Waals surface area (Å²) in [5, 5.41) is 5.58. The summed E-state index contributed by atoms with van der Waals surface area (Å²) in [6, 6.07) is 12.9. The number of halogens is 1. The summed E-state index contributed by atoms with van der Waals surface area (Å²) in [4.78, 5) is 41.1. The fraction of sp³-hybridized carbons (Fsp3) is 0.348. The second kappa shape index (κ2) is 8.11. The lowest BCUT2D eigenvalue weighted by molar-refractivity contribution is -0.135. The standard InChI is InChI=1S/C23H25FN4O3/c1-27(2)19(16-7-5-8-17(24)12-16)13-25-20(29)14-28-21(30)23(26-22(28)31)11-10-15-6-3-4-9-18(15)23/h3-9,12,19H,10-11,13-14H2,1-2H3,(H,25,29)(H,26,31). The second-order valence-corrected chi connectivity index (χ2v) is 8.22. The van der Waals surface area contributed by atoms with Crippen molar-refractivity contribution < 1.29 is 18.8 Å². The first kappa shape index (κ1) is 21.0. The number of fused-ring (bicyclic) bond motifs is 2. The van der Waals surface area contributed by atoms with Crippen LogP contribution in [0, 0.1) is 5.82 Å². The molecule has 31 heavy (non-hydrogen) atoms. The minimum absolute atomic E-state index is 0.215. The summed E-state index contributed by atoms with van der Waals surface area (Å²) in [6.45, 7) is -0.148. The number of urea groups is 1. The molecule has 1 spiro atoms. The van der Waals surface area contributed by atoms with Gasteiger partial charge in [0, 0.05) is 6.54 Å². The normalized spacial score (nSPS) is 20.8. The predicted octanol–water partition coefficient (Wildman–Crippen LogP) is 1.94. The Balaban J connectivity index is 1.43. The summed E-state index contributed by atoms with van der Waals surface area (Å²) in [5.74, 6) is -1.20. The molecule has 2 aliphatic rings. The number of carbonyl (C=O) groups excluding carboxylic acids is 3. The van der Waals surface area contributed by atoms with Crippen molar-refractivity contribution in [3.05, 3.63) is 71.0 Å². The van der Waals surface area contributed by atoms with Gasteiger partial charge in [-0.15, -0.1) is 0 Å². The van der Waals surface area contributed by atoms with Crippen molar-refractivity contribution in [1.29, 1.82) is 0 Å². The molecule has 2 aromatic carbocycles. The lowest BCUT2D eigenvalue weighted by Crippen LogP contribution is -2.45. The number of rotatable bonds is 6. The second-order valence-electron chi connectivity index (χ2n) is 8.22. The maximum absolute atomic E-state index is 13.6. The van der Waals surface area contributed by atoms with Gasteiger partial charge in [0.25, 0.3) is 5.91 Å². The highest BCUT2D eigenvalue weighted by molar-refractivity contribution is 6.09. The van der Waals surface area contributed by atoms with Crippen LogP contribution in [0.15, 0.2) is 48.5 Å². The third-order valence-corrected chi connectivity index (χ3v) is 6.07. The number of hydrogen-bond acceptors (Lipinski definition) is 4. The van der Waals surface area contributed by atoms with Crippen LogP contribution in [0.5, 0.6) is 0 Å². The first-order valence-corrected chi connectivity index (χ1v) is 10.2. The quantitative estimate of drug-likeness (QED) is 0.695. The van der Waals surface area contributed by atoms with E-state index in [4.69, 9.17) is 0 Å². The number of likely N-dealkylation sites (N-methyl/N-ethyl adjacent to an activating group) is 1. The molecule has 7 nitrogen and oxygen atoms in total. The Hall–Kier alpha value is -3.26. The van der Waals surface area contributed by atoms with E-state index in [1.165, 1.54) is 12.1 Å². The van der Waals surface area contributed by atoms with Crippen molar-refractivity contribution in [2.45, 2.75) is 24.4 Å². The third-order valence-electron chi connectivity index (χ3n) is 6.07. The summed E-state index contributed by atoms with van der Waals surface area (Å²) in [5.41, 5.74) is 1.48. The van der Waals surface area contributed by atoms with E-state index in [1.54, 1.807) is 12.1 Å². The molecule has 4 amide bonds. The number of benzene rings is 2. The molecule has 1 heterocycles. The monoisotopic (exact) mass is 424 g/mol. The Bertz CT molecular complexity index is 1040. The molecule has 1 aliphatic heterocycles. The van der Waals surface area contributed by atoms with Crippen LogP contribution in [0.4, 0.5) is 9.18 Å². The van der Waals surface area contributed by atoms with Gasteiger partial charge in [0.1, 0.15) is 17.9 Å². The van der Waals surface area contributed by atoms with Crippen LogP contribution in [0.2, 0.25) is 0 Å². The number of amides is 4. The summed E-state index contributed by atoms with van der Waals surface area (Å²) in [6.07, 6.45) is 1.18. The molecule has 0 aromatic heterocycles. The van der Waals surface area contributed by atoms with Crippen molar-refractivity contribution in [3.63, 3.8) is 0 Å². The Morgan fingerprint density at radius 3 is 2.74 bits per heavy atom. The van der Waals surface area contributed by atoms with E-state index in [9.17, 15) is 18.8 Å². The fourth-order valence-electron chi connectivity index (χ4n) is 4.46. The van der Waals surface area contributed by atoms with E-state index >= 15 is 0 Å². The molecule has 162 valence electrons. The van der Waals surface area contributed by atoms with E-state index in [1.807, 2.05) is 43.3 Å². The van der Waals surface area contributed by atoms with Crippen LogP contribution in [-0.4, -0.2) is 54.8 Å². The molecule has 0 saturated carbocycles. The molecule has 1 fully saturated rings. The van der Waals surface area contributed by atoms with Gasteiger partial charge < -0.3 is 15.5 Å².